The van der Waals surface area contributed by atoms with Crippen LogP contribution in [0.25, 0.3) is 0 Å². The van der Waals surface area contributed by atoms with Crippen LogP contribution in [-0.2, 0) is 16.1 Å². The number of nitrogens with zero attached hydrogens (tertiary/aromatic N) is 3. The van der Waals surface area contributed by atoms with Crippen LogP contribution < -0.4 is 10.6 Å². The molecule has 2 aliphatic rings. The molecule has 0 spiro atoms. The number of amides is 3. The zero-order valence-corrected chi connectivity index (χ0v) is 19.1. The Morgan fingerprint density at radius 2 is 2.09 bits per heavy atom. The van der Waals surface area contributed by atoms with Crippen molar-refractivity contribution < 1.29 is 23.9 Å². The van der Waals surface area contributed by atoms with Gasteiger partial charge in [-0.05, 0) is 23.3 Å². The van der Waals surface area contributed by atoms with Gasteiger partial charge in [-0.15, -0.1) is 22.0 Å². The number of rotatable bonds is 7. The Morgan fingerprint density at radius 1 is 1.34 bits per heavy atom. The molecule has 2 aliphatic heterocycles. The largest absolute Gasteiger partial charge is 0.477 e. The van der Waals surface area contributed by atoms with E-state index < -0.39 is 29.3 Å². The molecule has 1 saturated heterocycles. The number of aromatic nitrogens is 2. The van der Waals surface area contributed by atoms with Crippen molar-refractivity contribution in [3.63, 3.8) is 0 Å². The van der Waals surface area contributed by atoms with Crippen LogP contribution in [0.2, 0.25) is 5.02 Å². The van der Waals surface area contributed by atoms with Crippen LogP contribution in [0.15, 0.2) is 45.2 Å². The number of carbonyl (C=O) groups excluding carboxylic acids is 2. The summed E-state index contributed by atoms with van der Waals surface area (Å²) in [6.07, 6.45) is 0. The molecule has 3 amide bonds. The highest BCUT2D eigenvalue weighted by Crippen LogP contribution is 2.41. The summed E-state index contributed by atoms with van der Waals surface area (Å²) in [5.41, 5.74) is 1.38. The van der Waals surface area contributed by atoms with Gasteiger partial charge in [0.15, 0.2) is 0 Å². The number of hydrogen-bond donors (Lipinski definition) is 3. The number of aryl methyl sites for hydroxylation is 1. The molecule has 1 aromatic heterocycles. The molecule has 0 aliphatic carbocycles. The van der Waals surface area contributed by atoms with Crippen molar-refractivity contribution >= 4 is 53.0 Å². The Bertz CT molecular complexity index is 1090. The Hall–Kier alpha value is -2.70. The molecule has 10 nitrogen and oxygen atoms in total. The summed E-state index contributed by atoms with van der Waals surface area (Å²) in [5, 5.41) is 23.1. The number of aliphatic carboxylic acids is 1. The van der Waals surface area contributed by atoms with Gasteiger partial charge in [-0.1, -0.05) is 35.5 Å². The van der Waals surface area contributed by atoms with E-state index in [1.54, 1.807) is 31.2 Å². The van der Waals surface area contributed by atoms with E-state index in [0.717, 1.165) is 5.56 Å². The molecule has 1 fully saturated rings. The second-order valence-corrected chi connectivity index (χ2v) is 9.44. The zero-order valence-electron chi connectivity index (χ0n) is 16.7. The van der Waals surface area contributed by atoms with Gasteiger partial charge < -0.3 is 20.2 Å². The number of urea groups is 1. The van der Waals surface area contributed by atoms with E-state index in [9.17, 15) is 19.5 Å². The smallest absolute Gasteiger partial charge is 0.352 e. The summed E-state index contributed by atoms with van der Waals surface area (Å²) in [7, 11) is 0. The monoisotopic (exact) mass is 495 g/mol. The summed E-state index contributed by atoms with van der Waals surface area (Å²) in [6.45, 7) is 1.93. The first kappa shape index (κ1) is 22.5. The van der Waals surface area contributed by atoms with E-state index in [-0.39, 0.29) is 12.2 Å². The van der Waals surface area contributed by atoms with Gasteiger partial charge in [0.25, 0.3) is 11.1 Å². The van der Waals surface area contributed by atoms with E-state index in [2.05, 4.69) is 20.8 Å². The lowest BCUT2D eigenvalue weighted by molar-refractivity contribution is -0.148. The van der Waals surface area contributed by atoms with Crippen LogP contribution >= 0.6 is 35.1 Å². The highest BCUT2D eigenvalue weighted by atomic mass is 35.5. The highest BCUT2D eigenvalue weighted by Gasteiger charge is 2.54. The number of nitrogens with one attached hydrogen (secondary N) is 2. The topological polar surface area (TPSA) is 138 Å². The van der Waals surface area contributed by atoms with Crippen LogP contribution in [0.5, 0.6) is 0 Å². The summed E-state index contributed by atoms with van der Waals surface area (Å²) >= 11 is 8.46. The first-order chi connectivity index (χ1) is 15.3. The molecule has 0 saturated carbocycles. The number of carbonyl (C=O) groups is 3. The van der Waals surface area contributed by atoms with Crippen molar-refractivity contribution in [2.45, 2.75) is 30.1 Å². The Labute approximate surface area is 196 Å². The number of carboxylic acid groups (broad SMARTS) is 1. The highest BCUT2D eigenvalue weighted by molar-refractivity contribution is 8.01. The van der Waals surface area contributed by atoms with Crippen LogP contribution in [-0.4, -0.2) is 61.0 Å². The van der Waals surface area contributed by atoms with E-state index in [4.69, 9.17) is 16.0 Å². The van der Waals surface area contributed by atoms with Gasteiger partial charge in [0, 0.05) is 30.0 Å². The minimum Gasteiger partial charge on any atom is -0.477 e. The predicted molar refractivity (Wildman–Crippen MR) is 118 cm³/mol. The van der Waals surface area contributed by atoms with Gasteiger partial charge in [-0.3, -0.25) is 9.69 Å². The fourth-order valence-corrected chi connectivity index (χ4v) is 5.67. The maximum absolute atomic E-state index is 12.7. The summed E-state index contributed by atoms with van der Waals surface area (Å²) in [6, 6.07) is 5.71. The minimum atomic E-state index is -1.19. The molecule has 3 heterocycles. The molecular weight excluding hydrogens is 478 g/mol. The van der Waals surface area contributed by atoms with Gasteiger partial charge in [-0.25, -0.2) is 9.59 Å². The molecule has 2 aromatic rings. The molecule has 1 unspecified atom stereocenters. The second kappa shape index (κ2) is 9.43. The number of β-lactam (4-membered cyclic amide) rings is 1. The van der Waals surface area contributed by atoms with Gasteiger partial charge in [0.2, 0.25) is 5.89 Å². The second-order valence-electron chi connectivity index (χ2n) is 6.97. The first-order valence-corrected chi connectivity index (χ1v) is 11.9. The summed E-state index contributed by atoms with van der Waals surface area (Å²) in [4.78, 5) is 38.1. The van der Waals surface area contributed by atoms with Gasteiger partial charge in [0.1, 0.15) is 17.1 Å². The molecule has 168 valence electrons. The lowest BCUT2D eigenvalue weighted by Crippen LogP contribution is -2.71. The Balaban J connectivity index is 1.37. The normalized spacial score (nSPS) is 19.9. The van der Waals surface area contributed by atoms with E-state index in [0.29, 0.717) is 33.2 Å². The minimum absolute atomic E-state index is 0.0536. The fraction of sp³-hybridized carbons (Fsp3) is 0.316. The van der Waals surface area contributed by atoms with Crippen molar-refractivity contribution in [1.29, 1.82) is 0 Å². The number of fused-ring (bicyclic) bond motifs is 1. The quantitative estimate of drug-likeness (QED) is 0.390. The summed E-state index contributed by atoms with van der Waals surface area (Å²) in [5.74, 6) is -0.532. The number of thioether (sulfide) groups is 2. The standard InChI is InChI=1S/C19H18ClN5O5S2/c1-9-23-24-19(30-9)32-8-11-7-31-16-13(15(26)25(16)14(11)17(27)28)22-18(29)21-6-10-2-4-12(20)5-3-10/h2-5,13,16H,6-8H2,1H3,(H,27,28)(H2,21,22,29)/t13?,16-/m1/s1. The Kier molecular flexibility index (Phi) is 6.63. The van der Waals surface area contributed by atoms with Crippen LogP contribution in [0.4, 0.5) is 4.79 Å². The maximum Gasteiger partial charge on any atom is 0.352 e. The maximum atomic E-state index is 12.7. The SMILES string of the molecule is Cc1nnc(SCC2=C(C(=O)O)N3C(=O)C(NC(=O)NCc4ccc(Cl)cc4)[C@H]3SC2)o1. The van der Waals surface area contributed by atoms with Gasteiger partial charge in [-0.2, -0.15) is 0 Å². The van der Waals surface area contributed by atoms with E-state index in [1.807, 2.05) is 0 Å². The zero-order chi connectivity index (χ0) is 22.8. The number of carboxylic acids is 1. The van der Waals surface area contributed by atoms with Crippen LogP contribution in [0, 0.1) is 6.92 Å². The molecule has 13 heteroatoms. The molecule has 3 N–H and O–H groups in total. The lowest BCUT2D eigenvalue weighted by Gasteiger charge is -2.49. The number of halogens is 1. The lowest BCUT2D eigenvalue weighted by atomic mass is 10.0. The first-order valence-electron chi connectivity index (χ1n) is 9.45. The third-order valence-electron chi connectivity index (χ3n) is 4.78. The molecule has 0 bridgehead atoms. The van der Waals surface area contributed by atoms with Crippen molar-refractivity contribution in [3.8, 4) is 0 Å². The Morgan fingerprint density at radius 3 is 2.75 bits per heavy atom. The van der Waals surface area contributed by atoms with Crippen molar-refractivity contribution in [2.75, 3.05) is 11.5 Å². The van der Waals surface area contributed by atoms with Gasteiger partial charge in [0.05, 0.1) is 0 Å². The molecular formula is C19H18ClN5O5S2. The average molecular weight is 496 g/mol. The van der Waals surface area contributed by atoms with Crippen LogP contribution in [0.1, 0.15) is 11.5 Å². The molecule has 1 aromatic carbocycles. The average Bonchev–Trinajstić information content (AvgIpc) is 3.19. The number of benzene rings is 1. The number of hydrogen-bond acceptors (Lipinski definition) is 8. The third kappa shape index (κ3) is 4.71. The van der Waals surface area contributed by atoms with Crippen molar-refractivity contribution in [3.05, 3.63) is 52.0 Å². The third-order valence-corrected chi connectivity index (χ3v) is 7.28. The predicted octanol–water partition coefficient (Wildman–Crippen LogP) is 2.25. The van der Waals surface area contributed by atoms with Crippen LogP contribution in [0.3, 0.4) is 0 Å². The molecule has 2 atom stereocenters. The molecule has 32 heavy (non-hydrogen) atoms. The van der Waals surface area contributed by atoms with Gasteiger partial charge >= 0.3 is 12.0 Å². The van der Waals surface area contributed by atoms with E-state index >= 15 is 0 Å². The fourth-order valence-electron chi connectivity index (χ4n) is 3.26. The van der Waals surface area contributed by atoms with E-state index in [1.165, 1.54) is 28.4 Å². The van der Waals surface area contributed by atoms with Crippen molar-refractivity contribution in [1.82, 2.24) is 25.7 Å². The molecule has 4 rings (SSSR count). The van der Waals surface area contributed by atoms with Crippen molar-refractivity contribution in [2.24, 2.45) is 0 Å². The molecule has 0 radical (unpaired) electrons. The summed E-state index contributed by atoms with van der Waals surface area (Å²) < 4.78 is 5.30.